The minimum absolute atomic E-state index is 0.499. The van der Waals surface area contributed by atoms with Gasteiger partial charge in [0.25, 0.3) is 0 Å². The van der Waals surface area contributed by atoms with E-state index in [1.165, 1.54) is 0 Å². The Morgan fingerprint density at radius 2 is 1.75 bits per heavy atom. The number of aromatic amines is 1. The molecule has 0 spiro atoms. The Bertz CT molecular complexity index is 665. The molecular formula is C14H11ClN4O. The summed E-state index contributed by atoms with van der Waals surface area (Å²) in [7, 11) is 0. The number of nitrogens with zero attached hydrogens (tertiary/aromatic N) is 3. The molecular weight excluding hydrogens is 276 g/mol. The Morgan fingerprint density at radius 1 is 1.00 bits per heavy atom. The molecule has 0 aliphatic heterocycles. The highest BCUT2D eigenvalue weighted by Gasteiger charge is 2.03. The second-order valence-corrected chi connectivity index (χ2v) is 4.61. The smallest absolute Gasteiger partial charge is 0.204 e. The van der Waals surface area contributed by atoms with Crippen molar-refractivity contribution in [2.75, 3.05) is 0 Å². The van der Waals surface area contributed by atoms with Crippen LogP contribution in [0.4, 0.5) is 0 Å². The van der Waals surface area contributed by atoms with Crippen molar-refractivity contribution in [2.24, 2.45) is 0 Å². The molecule has 0 saturated carbocycles. The summed E-state index contributed by atoms with van der Waals surface area (Å²) in [4.78, 5) is 0. The number of hydrogen-bond acceptors (Lipinski definition) is 4. The summed E-state index contributed by atoms with van der Waals surface area (Å²) in [5.41, 5.74) is 1.95. The molecule has 0 aliphatic rings. The molecule has 3 aromatic rings. The van der Waals surface area contributed by atoms with Gasteiger partial charge in [0.05, 0.1) is 0 Å². The summed E-state index contributed by atoms with van der Waals surface area (Å²) in [6.07, 6.45) is 0. The first-order valence-electron chi connectivity index (χ1n) is 6.02. The molecule has 0 unspecified atom stereocenters. The molecule has 2 aromatic carbocycles. The van der Waals surface area contributed by atoms with Gasteiger partial charge in [0, 0.05) is 10.6 Å². The fourth-order valence-corrected chi connectivity index (χ4v) is 1.86. The lowest BCUT2D eigenvalue weighted by Gasteiger charge is -2.06. The van der Waals surface area contributed by atoms with Crippen LogP contribution in [0.3, 0.4) is 0 Å². The Labute approximate surface area is 120 Å². The lowest BCUT2D eigenvalue weighted by Crippen LogP contribution is -1.95. The van der Waals surface area contributed by atoms with E-state index in [1.807, 2.05) is 48.5 Å². The Balaban J connectivity index is 1.65. The molecule has 0 radical (unpaired) electrons. The molecule has 0 bridgehead atoms. The molecule has 0 atom stereocenters. The van der Waals surface area contributed by atoms with E-state index in [1.54, 1.807) is 0 Å². The largest absolute Gasteiger partial charge is 0.489 e. The highest BCUT2D eigenvalue weighted by molar-refractivity contribution is 6.30. The Morgan fingerprint density at radius 3 is 2.40 bits per heavy atom. The molecule has 1 N–H and O–H groups in total. The molecule has 20 heavy (non-hydrogen) atoms. The van der Waals surface area contributed by atoms with Gasteiger partial charge in [-0.1, -0.05) is 23.7 Å². The average molecular weight is 287 g/mol. The van der Waals surface area contributed by atoms with Crippen LogP contribution in [-0.2, 0) is 6.61 Å². The van der Waals surface area contributed by atoms with E-state index >= 15 is 0 Å². The van der Waals surface area contributed by atoms with Gasteiger partial charge in [-0.3, -0.25) is 0 Å². The normalized spacial score (nSPS) is 10.4. The van der Waals surface area contributed by atoms with Gasteiger partial charge in [0.15, 0.2) is 0 Å². The number of nitrogens with one attached hydrogen (secondary N) is 1. The number of ether oxygens (including phenoxy) is 1. The number of benzene rings is 2. The first-order chi connectivity index (χ1) is 9.81. The Hall–Kier alpha value is -2.40. The van der Waals surface area contributed by atoms with Crippen molar-refractivity contribution in [3.05, 3.63) is 59.1 Å². The molecule has 5 nitrogen and oxygen atoms in total. The molecule has 0 amide bonds. The topological polar surface area (TPSA) is 63.7 Å². The third-order valence-corrected chi connectivity index (χ3v) is 3.03. The molecule has 6 heteroatoms. The van der Waals surface area contributed by atoms with Crippen molar-refractivity contribution in [1.29, 1.82) is 0 Å². The molecule has 0 saturated heterocycles. The number of H-pyrrole nitrogens is 1. The molecule has 0 fully saturated rings. The van der Waals surface area contributed by atoms with Crippen LogP contribution < -0.4 is 4.74 Å². The molecule has 3 rings (SSSR count). The number of tetrazole rings is 1. The second kappa shape index (κ2) is 5.71. The Kier molecular flexibility index (Phi) is 3.60. The SMILES string of the molecule is Clc1ccc(COc2ccc(-c3nn[nH]n3)cc2)cc1. The van der Waals surface area contributed by atoms with Crippen LogP contribution in [0.5, 0.6) is 5.75 Å². The zero-order chi connectivity index (χ0) is 13.8. The van der Waals surface area contributed by atoms with Gasteiger partial charge in [0.2, 0.25) is 5.82 Å². The quantitative estimate of drug-likeness (QED) is 0.800. The van der Waals surface area contributed by atoms with Crippen molar-refractivity contribution >= 4 is 11.6 Å². The van der Waals surface area contributed by atoms with Crippen molar-refractivity contribution in [3.8, 4) is 17.1 Å². The van der Waals surface area contributed by atoms with Crippen molar-refractivity contribution < 1.29 is 4.74 Å². The summed E-state index contributed by atoms with van der Waals surface area (Å²) in [5.74, 6) is 1.35. The highest BCUT2D eigenvalue weighted by Crippen LogP contribution is 2.19. The standard InChI is InChI=1S/C14H11ClN4O/c15-12-5-1-10(2-6-12)9-20-13-7-3-11(4-8-13)14-16-18-19-17-14/h1-8H,9H2,(H,16,17,18,19). The number of rotatable bonds is 4. The predicted molar refractivity (Wildman–Crippen MR) is 75.4 cm³/mol. The number of hydrogen-bond donors (Lipinski definition) is 1. The van der Waals surface area contributed by atoms with Gasteiger partial charge < -0.3 is 4.74 Å². The van der Waals surface area contributed by atoms with E-state index in [4.69, 9.17) is 16.3 Å². The van der Waals surface area contributed by atoms with Crippen LogP contribution in [0.25, 0.3) is 11.4 Å². The number of aromatic nitrogens is 4. The maximum absolute atomic E-state index is 5.83. The number of halogens is 1. The van der Waals surface area contributed by atoms with Gasteiger partial charge in [0.1, 0.15) is 12.4 Å². The van der Waals surface area contributed by atoms with Crippen LogP contribution >= 0.6 is 11.6 Å². The van der Waals surface area contributed by atoms with Crippen LogP contribution in [-0.4, -0.2) is 20.6 Å². The zero-order valence-electron chi connectivity index (χ0n) is 10.5. The molecule has 1 heterocycles. The summed E-state index contributed by atoms with van der Waals surface area (Å²) >= 11 is 5.83. The van der Waals surface area contributed by atoms with E-state index in [-0.39, 0.29) is 0 Å². The summed E-state index contributed by atoms with van der Waals surface area (Å²) in [6.45, 7) is 0.499. The van der Waals surface area contributed by atoms with Gasteiger partial charge in [-0.2, -0.15) is 5.21 Å². The summed E-state index contributed by atoms with van der Waals surface area (Å²) in [6, 6.07) is 15.1. The van der Waals surface area contributed by atoms with E-state index in [0.29, 0.717) is 12.4 Å². The van der Waals surface area contributed by atoms with E-state index in [9.17, 15) is 0 Å². The minimum Gasteiger partial charge on any atom is -0.489 e. The first kappa shape index (κ1) is 12.6. The van der Waals surface area contributed by atoms with Crippen LogP contribution in [0.1, 0.15) is 5.56 Å². The van der Waals surface area contributed by atoms with Crippen LogP contribution in [0.15, 0.2) is 48.5 Å². The van der Waals surface area contributed by atoms with E-state index in [2.05, 4.69) is 20.6 Å². The molecule has 100 valence electrons. The fraction of sp³-hybridized carbons (Fsp3) is 0.0714. The summed E-state index contributed by atoms with van der Waals surface area (Å²) < 4.78 is 5.70. The van der Waals surface area contributed by atoms with Crippen LogP contribution in [0, 0.1) is 0 Å². The maximum atomic E-state index is 5.83. The van der Waals surface area contributed by atoms with Gasteiger partial charge in [-0.15, -0.1) is 10.2 Å². The van der Waals surface area contributed by atoms with Crippen molar-refractivity contribution in [1.82, 2.24) is 20.6 Å². The van der Waals surface area contributed by atoms with Gasteiger partial charge in [-0.25, -0.2) is 0 Å². The monoisotopic (exact) mass is 286 g/mol. The lowest BCUT2D eigenvalue weighted by atomic mass is 10.2. The van der Waals surface area contributed by atoms with Crippen molar-refractivity contribution in [3.63, 3.8) is 0 Å². The maximum Gasteiger partial charge on any atom is 0.204 e. The fourth-order valence-electron chi connectivity index (χ4n) is 1.73. The van der Waals surface area contributed by atoms with E-state index in [0.717, 1.165) is 21.9 Å². The summed E-state index contributed by atoms with van der Waals surface area (Å²) in [5, 5.41) is 14.5. The molecule has 1 aromatic heterocycles. The van der Waals surface area contributed by atoms with Crippen LogP contribution in [0.2, 0.25) is 5.02 Å². The third kappa shape index (κ3) is 2.95. The van der Waals surface area contributed by atoms with E-state index < -0.39 is 0 Å². The predicted octanol–water partition coefficient (Wildman–Crippen LogP) is 3.10. The average Bonchev–Trinajstić information content (AvgIpc) is 3.01. The first-order valence-corrected chi connectivity index (χ1v) is 6.40. The second-order valence-electron chi connectivity index (χ2n) is 4.17. The molecule has 0 aliphatic carbocycles. The third-order valence-electron chi connectivity index (χ3n) is 2.78. The van der Waals surface area contributed by atoms with Crippen molar-refractivity contribution in [2.45, 2.75) is 6.61 Å². The highest BCUT2D eigenvalue weighted by atomic mass is 35.5. The lowest BCUT2D eigenvalue weighted by molar-refractivity contribution is 0.306. The minimum atomic E-state index is 0.499. The zero-order valence-corrected chi connectivity index (χ0v) is 11.2. The van der Waals surface area contributed by atoms with Gasteiger partial charge in [-0.05, 0) is 47.2 Å². The van der Waals surface area contributed by atoms with Gasteiger partial charge >= 0.3 is 0 Å².